The van der Waals surface area contributed by atoms with E-state index >= 15 is 0 Å². The molecular formula is C16H17ClN2O4S. The minimum atomic E-state index is -3.35. The highest BCUT2D eigenvalue weighted by atomic mass is 35.5. The fourth-order valence-corrected chi connectivity index (χ4v) is 5.15. The number of aromatic nitrogens is 2. The first kappa shape index (κ1) is 17.0. The van der Waals surface area contributed by atoms with E-state index in [-0.39, 0.29) is 10.6 Å². The molecule has 0 N–H and O–H groups in total. The number of rotatable bonds is 3. The number of sulfone groups is 1. The van der Waals surface area contributed by atoms with E-state index in [2.05, 4.69) is 5.10 Å². The number of carbonyl (C=O) groups is 1. The van der Waals surface area contributed by atoms with Crippen LogP contribution in [0, 0.1) is 6.92 Å². The highest BCUT2D eigenvalue weighted by Crippen LogP contribution is 2.39. The van der Waals surface area contributed by atoms with Crippen LogP contribution in [0.15, 0.2) is 29.3 Å². The quantitative estimate of drug-likeness (QED) is 0.614. The third kappa shape index (κ3) is 2.82. The zero-order chi connectivity index (χ0) is 17.5. The molecule has 2 heterocycles. The Morgan fingerprint density at radius 1 is 1.42 bits per heavy atom. The largest absolute Gasteiger partial charge is 0.404 e. The normalized spacial score (nSPS) is 18.9. The van der Waals surface area contributed by atoms with Crippen LogP contribution in [0.3, 0.4) is 0 Å². The van der Waals surface area contributed by atoms with Crippen molar-refractivity contribution in [3.05, 3.63) is 41.1 Å². The third-order valence-electron chi connectivity index (χ3n) is 4.16. The smallest absolute Gasteiger partial charge is 0.345 e. The summed E-state index contributed by atoms with van der Waals surface area (Å²) in [6.07, 6.45) is 1.88. The molecule has 0 saturated heterocycles. The van der Waals surface area contributed by atoms with Gasteiger partial charge in [0, 0.05) is 12.6 Å². The van der Waals surface area contributed by atoms with Gasteiger partial charge in [-0.25, -0.2) is 17.9 Å². The van der Waals surface area contributed by atoms with E-state index in [0.29, 0.717) is 35.5 Å². The number of alkyl halides is 1. The molecule has 0 saturated carbocycles. The van der Waals surface area contributed by atoms with Crippen molar-refractivity contribution in [1.82, 2.24) is 9.78 Å². The summed E-state index contributed by atoms with van der Waals surface area (Å²) in [6.45, 7) is 4.15. The fraction of sp³-hybridized carbons (Fsp3) is 0.375. The van der Waals surface area contributed by atoms with Crippen molar-refractivity contribution in [2.24, 2.45) is 0 Å². The van der Waals surface area contributed by atoms with Crippen molar-refractivity contribution in [2.75, 3.05) is 5.75 Å². The Labute approximate surface area is 145 Å². The van der Waals surface area contributed by atoms with E-state index < -0.39 is 21.2 Å². The molecule has 1 aromatic heterocycles. The number of halogens is 1. The molecule has 0 spiro atoms. The lowest BCUT2D eigenvalue weighted by molar-refractivity contribution is 0.0717. The summed E-state index contributed by atoms with van der Waals surface area (Å²) in [5.41, 5.74) is 1.35. The highest BCUT2D eigenvalue weighted by Gasteiger charge is 2.32. The van der Waals surface area contributed by atoms with Crippen molar-refractivity contribution >= 4 is 27.4 Å². The van der Waals surface area contributed by atoms with Crippen molar-refractivity contribution in [3.8, 4) is 5.88 Å². The predicted molar refractivity (Wildman–Crippen MR) is 89.3 cm³/mol. The van der Waals surface area contributed by atoms with E-state index in [9.17, 15) is 13.2 Å². The summed E-state index contributed by atoms with van der Waals surface area (Å²) in [7, 11) is -3.35. The van der Waals surface area contributed by atoms with Crippen LogP contribution in [0.5, 0.6) is 5.88 Å². The van der Waals surface area contributed by atoms with Gasteiger partial charge in [0.05, 0.1) is 27.8 Å². The minimum Gasteiger partial charge on any atom is -0.404 e. The maximum atomic E-state index is 12.5. The van der Waals surface area contributed by atoms with Crippen LogP contribution in [0.25, 0.3) is 0 Å². The Balaban J connectivity index is 2.01. The molecule has 2 aromatic rings. The number of carbonyl (C=O) groups excluding carboxylic acids is 1. The van der Waals surface area contributed by atoms with Crippen molar-refractivity contribution in [2.45, 2.75) is 37.1 Å². The molecular weight excluding hydrogens is 352 g/mol. The molecule has 0 aliphatic carbocycles. The standard InChI is InChI=1S/C16H17ClN2O4S/c1-3-19-14(6-8-18-19)23-16(20)11-4-5-13-15(10(11)2)12(17)7-9-24(13,21)22/h4-6,8,12H,3,7,9H2,1-2H3. The van der Waals surface area contributed by atoms with Gasteiger partial charge in [0.2, 0.25) is 5.88 Å². The van der Waals surface area contributed by atoms with Crippen LogP contribution < -0.4 is 4.74 Å². The lowest BCUT2D eigenvalue weighted by Crippen LogP contribution is -2.21. The maximum absolute atomic E-state index is 12.5. The molecule has 0 amide bonds. The number of nitrogens with zero attached hydrogens (tertiary/aromatic N) is 2. The first-order valence-electron chi connectivity index (χ1n) is 7.59. The number of ether oxygens (including phenoxy) is 1. The zero-order valence-electron chi connectivity index (χ0n) is 13.3. The van der Waals surface area contributed by atoms with Gasteiger partial charge in [-0.2, -0.15) is 5.10 Å². The fourth-order valence-electron chi connectivity index (χ4n) is 2.89. The maximum Gasteiger partial charge on any atom is 0.345 e. The molecule has 8 heteroatoms. The van der Waals surface area contributed by atoms with Gasteiger partial charge in [-0.3, -0.25) is 0 Å². The monoisotopic (exact) mass is 368 g/mol. The molecule has 0 bridgehead atoms. The Kier molecular flexibility index (Phi) is 4.40. The van der Waals surface area contributed by atoms with Gasteiger partial charge < -0.3 is 4.74 Å². The average molecular weight is 369 g/mol. The topological polar surface area (TPSA) is 78.3 Å². The Morgan fingerprint density at radius 2 is 2.17 bits per heavy atom. The molecule has 1 unspecified atom stereocenters. The van der Waals surface area contributed by atoms with Gasteiger partial charge in [-0.1, -0.05) is 0 Å². The molecule has 1 atom stereocenters. The number of esters is 1. The number of fused-ring (bicyclic) bond motifs is 1. The van der Waals surface area contributed by atoms with Crippen LogP contribution >= 0.6 is 11.6 Å². The average Bonchev–Trinajstić information content (AvgIpc) is 2.98. The summed E-state index contributed by atoms with van der Waals surface area (Å²) in [5.74, 6) is -0.195. The van der Waals surface area contributed by atoms with E-state index in [1.54, 1.807) is 23.9 Å². The number of hydrogen-bond acceptors (Lipinski definition) is 5. The van der Waals surface area contributed by atoms with Gasteiger partial charge in [0.1, 0.15) is 0 Å². The SMILES string of the molecule is CCn1nccc1OC(=O)c1ccc2c(c1C)C(Cl)CCS2(=O)=O. The van der Waals surface area contributed by atoms with Crippen molar-refractivity contribution < 1.29 is 17.9 Å². The van der Waals surface area contributed by atoms with Gasteiger partial charge in [-0.05, 0) is 43.5 Å². The highest BCUT2D eigenvalue weighted by molar-refractivity contribution is 7.91. The summed E-state index contributed by atoms with van der Waals surface area (Å²) in [4.78, 5) is 12.7. The van der Waals surface area contributed by atoms with Crippen LogP contribution in [-0.4, -0.2) is 29.9 Å². The molecule has 3 rings (SSSR count). The van der Waals surface area contributed by atoms with Crippen LogP contribution in [0.2, 0.25) is 0 Å². The third-order valence-corrected chi connectivity index (χ3v) is 6.39. The summed E-state index contributed by atoms with van der Waals surface area (Å²) in [5, 5.41) is 3.61. The second-order valence-corrected chi connectivity index (χ2v) is 8.20. The van der Waals surface area contributed by atoms with Gasteiger partial charge in [-0.15, -0.1) is 11.6 Å². The molecule has 1 aliphatic rings. The second kappa shape index (κ2) is 6.22. The number of benzene rings is 1. The molecule has 1 aliphatic heterocycles. The first-order chi connectivity index (χ1) is 11.3. The van der Waals surface area contributed by atoms with Gasteiger partial charge >= 0.3 is 5.97 Å². The second-order valence-electron chi connectivity index (χ2n) is 5.60. The molecule has 0 fully saturated rings. The lowest BCUT2D eigenvalue weighted by atomic mass is 9.98. The van der Waals surface area contributed by atoms with Crippen molar-refractivity contribution in [3.63, 3.8) is 0 Å². The number of aryl methyl sites for hydroxylation is 1. The lowest BCUT2D eigenvalue weighted by Gasteiger charge is -2.24. The molecule has 0 radical (unpaired) electrons. The van der Waals surface area contributed by atoms with E-state index in [1.807, 2.05) is 6.92 Å². The van der Waals surface area contributed by atoms with E-state index in [0.717, 1.165) is 0 Å². The Bertz CT molecular complexity index is 905. The Hall–Kier alpha value is -1.86. The summed E-state index contributed by atoms with van der Waals surface area (Å²) < 4.78 is 31.4. The van der Waals surface area contributed by atoms with Crippen LogP contribution in [0.1, 0.15) is 40.2 Å². The van der Waals surface area contributed by atoms with Gasteiger partial charge in [0.25, 0.3) is 0 Å². The minimum absolute atomic E-state index is 0.0209. The van der Waals surface area contributed by atoms with E-state index in [1.165, 1.54) is 12.1 Å². The summed E-state index contributed by atoms with van der Waals surface area (Å²) >= 11 is 6.32. The van der Waals surface area contributed by atoms with E-state index in [4.69, 9.17) is 16.3 Å². The van der Waals surface area contributed by atoms with Crippen LogP contribution in [0.4, 0.5) is 0 Å². The predicted octanol–water partition coefficient (Wildman–Crippen LogP) is 2.89. The molecule has 1 aromatic carbocycles. The van der Waals surface area contributed by atoms with Crippen molar-refractivity contribution in [1.29, 1.82) is 0 Å². The van der Waals surface area contributed by atoms with Crippen LogP contribution in [-0.2, 0) is 16.4 Å². The molecule has 24 heavy (non-hydrogen) atoms. The summed E-state index contributed by atoms with van der Waals surface area (Å²) in [6, 6.07) is 4.53. The molecule has 128 valence electrons. The Morgan fingerprint density at radius 3 is 2.88 bits per heavy atom. The van der Waals surface area contributed by atoms with Gasteiger partial charge in [0.15, 0.2) is 9.84 Å². The zero-order valence-corrected chi connectivity index (χ0v) is 14.9. The number of hydrogen-bond donors (Lipinski definition) is 0. The first-order valence-corrected chi connectivity index (χ1v) is 9.68. The molecule has 6 nitrogen and oxygen atoms in total.